The zero-order chi connectivity index (χ0) is 11.2. The van der Waals surface area contributed by atoms with Crippen molar-refractivity contribution in [2.24, 2.45) is 17.8 Å². The zero-order valence-corrected chi connectivity index (χ0v) is 11.1. The molecule has 0 aromatic rings. The molecule has 0 radical (unpaired) electrons. The van der Waals surface area contributed by atoms with E-state index in [0.717, 1.165) is 36.2 Å². The number of nitrogens with zero attached hydrogens (tertiary/aromatic N) is 1. The minimum atomic E-state index is -0.376. The highest BCUT2D eigenvalue weighted by molar-refractivity contribution is 9.09. The van der Waals surface area contributed by atoms with Gasteiger partial charge in [-0.1, -0.05) is 15.9 Å². The molecule has 0 bridgehead atoms. The SMILES string of the molecule is CC(C)(C)OC(=O)N1C[C@@H]2[C@H](CBr)[C@@H]2C1. The summed E-state index contributed by atoms with van der Waals surface area (Å²) in [5.74, 6) is 2.23. The van der Waals surface area contributed by atoms with Crippen LogP contribution in [-0.4, -0.2) is 35.0 Å². The van der Waals surface area contributed by atoms with Crippen molar-refractivity contribution in [3.63, 3.8) is 0 Å². The number of alkyl halides is 1. The van der Waals surface area contributed by atoms with E-state index in [9.17, 15) is 4.79 Å². The van der Waals surface area contributed by atoms with Gasteiger partial charge in [0.2, 0.25) is 0 Å². The van der Waals surface area contributed by atoms with E-state index in [4.69, 9.17) is 4.74 Å². The van der Waals surface area contributed by atoms with Gasteiger partial charge in [0.15, 0.2) is 0 Å². The van der Waals surface area contributed by atoms with Crippen LogP contribution in [0.1, 0.15) is 20.8 Å². The van der Waals surface area contributed by atoms with Crippen LogP contribution >= 0.6 is 15.9 Å². The lowest BCUT2D eigenvalue weighted by Gasteiger charge is -2.25. The number of piperidine rings is 1. The van der Waals surface area contributed by atoms with Gasteiger partial charge in [-0.3, -0.25) is 0 Å². The van der Waals surface area contributed by atoms with Gasteiger partial charge >= 0.3 is 6.09 Å². The Morgan fingerprint density at radius 1 is 1.40 bits per heavy atom. The first-order valence-electron chi connectivity index (χ1n) is 5.46. The molecule has 1 aliphatic carbocycles. The Morgan fingerprint density at radius 2 is 1.93 bits per heavy atom. The van der Waals surface area contributed by atoms with Crippen LogP contribution < -0.4 is 0 Å². The van der Waals surface area contributed by atoms with Gasteiger partial charge in [0.05, 0.1) is 0 Å². The van der Waals surface area contributed by atoms with Crippen LogP contribution in [0.5, 0.6) is 0 Å². The molecule has 4 heteroatoms. The van der Waals surface area contributed by atoms with Crippen molar-refractivity contribution >= 4 is 22.0 Å². The first kappa shape index (κ1) is 11.2. The molecule has 2 fully saturated rings. The lowest BCUT2D eigenvalue weighted by atomic mass is 10.2. The molecule has 1 saturated heterocycles. The van der Waals surface area contributed by atoms with Crippen LogP contribution in [-0.2, 0) is 4.74 Å². The van der Waals surface area contributed by atoms with Gasteiger partial charge in [-0.25, -0.2) is 4.79 Å². The van der Waals surface area contributed by atoms with E-state index in [-0.39, 0.29) is 11.7 Å². The molecule has 2 aliphatic rings. The maximum atomic E-state index is 11.7. The fraction of sp³-hybridized carbons (Fsp3) is 0.909. The number of halogens is 1. The predicted molar refractivity (Wildman–Crippen MR) is 62.1 cm³/mol. The summed E-state index contributed by atoms with van der Waals surface area (Å²) in [5, 5.41) is 1.07. The summed E-state index contributed by atoms with van der Waals surface area (Å²) in [6.07, 6.45) is -0.150. The number of carbonyl (C=O) groups excluding carboxylic acids is 1. The molecule has 1 saturated carbocycles. The number of likely N-dealkylation sites (tertiary alicyclic amines) is 1. The van der Waals surface area contributed by atoms with Crippen LogP contribution in [0, 0.1) is 17.8 Å². The average Bonchev–Trinajstić information content (AvgIpc) is 2.54. The third-order valence-electron chi connectivity index (χ3n) is 3.20. The minimum Gasteiger partial charge on any atom is -0.444 e. The Hall–Kier alpha value is -0.250. The van der Waals surface area contributed by atoms with E-state index >= 15 is 0 Å². The molecule has 1 heterocycles. The lowest BCUT2D eigenvalue weighted by molar-refractivity contribution is 0.0267. The van der Waals surface area contributed by atoms with Crippen LogP contribution in [0.4, 0.5) is 4.79 Å². The summed E-state index contributed by atoms with van der Waals surface area (Å²) in [6.45, 7) is 7.49. The monoisotopic (exact) mass is 275 g/mol. The van der Waals surface area contributed by atoms with Crippen molar-refractivity contribution in [1.82, 2.24) is 4.90 Å². The molecule has 1 amide bonds. The fourth-order valence-corrected chi connectivity index (χ4v) is 3.31. The summed E-state index contributed by atoms with van der Waals surface area (Å²) in [4.78, 5) is 13.6. The highest BCUT2D eigenvalue weighted by Crippen LogP contribution is 2.52. The summed E-state index contributed by atoms with van der Waals surface area (Å²) in [7, 11) is 0. The summed E-state index contributed by atoms with van der Waals surface area (Å²) < 4.78 is 5.33. The van der Waals surface area contributed by atoms with Crippen molar-refractivity contribution in [2.45, 2.75) is 26.4 Å². The second-order valence-electron chi connectivity index (χ2n) is 5.53. The standard InChI is InChI=1S/C11H18BrNO2/c1-11(2,3)15-10(14)13-5-8-7(4-12)9(8)6-13/h7-9H,4-6H2,1-3H3/t7-,8+,9-. The third kappa shape index (κ3) is 2.30. The van der Waals surface area contributed by atoms with Gasteiger partial charge in [-0.2, -0.15) is 0 Å². The van der Waals surface area contributed by atoms with Crippen molar-refractivity contribution in [2.75, 3.05) is 18.4 Å². The zero-order valence-electron chi connectivity index (χ0n) is 9.50. The fourth-order valence-electron chi connectivity index (χ4n) is 2.35. The summed E-state index contributed by atoms with van der Waals surface area (Å²) >= 11 is 3.50. The number of fused-ring (bicyclic) bond motifs is 1. The molecular weight excluding hydrogens is 258 g/mol. The minimum absolute atomic E-state index is 0.150. The van der Waals surface area contributed by atoms with E-state index in [0.29, 0.717) is 0 Å². The molecular formula is C11H18BrNO2. The van der Waals surface area contributed by atoms with Gasteiger partial charge < -0.3 is 9.64 Å². The number of ether oxygens (including phenoxy) is 1. The van der Waals surface area contributed by atoms with E-state index in [2.05, 4.69) is 15.9 Å². The number of carbonyl (C=O) groups is 1. The highest BCUT2D eigenvalue weighted by atomic mass is 79.9. The Bertz CT molecular complexity index is 262. The summed E-state index contributed by atoms with van der Waals surface area (Å²) in [5.41, 5.74) is -0.376. The molecule has 3 atom stereocenters. The number of hydrogen-bond donors (Lipinski definition) is 0. The highest BCUT2D eigenvalue weighted by Gasteiger charge is 2.56. The van der Waals surface area contributed by atoms with E-state index in [1.165, 1.54) is 0 Å². The molecule has 3 nitrogen and oxygen atoms in total. The Morgan fingerprint density at radius 3 is 2.33 bits per heavy atom. The maximum Gasteiger partial charge on any atom is 0.410 e. The Balaban J connectivity index is 1.82. The number of hydrogen-bond acceptors (Lipinski definition) is 2. The van der Waals surface area contributed by atoms with Crippen molar-refractivity contribution in [1.29, 1.82) is 0 Å². The average molecular weight is 276 g/mol. The number of amides is 1. The Kier molecular flexibility index (Phi) is 2.73. The molecule has 2 rings (SSSR count). The van der Waals surface area contributed by atoms with Crippen LogP contribution in [0.2, 0.25) is 0 Å². The second kappa shape index (κ2) is 3.65. The van der Waals surface area contributed by atoms with Crippen molar-refractivity contribution in [3.8, 4) is 0 Å². The molecule has 0 N–H and O–H groups in total. The number of rotatable bonds is 1. The predicted octanol–water partition coefficient (Wildman–Crippen LogP) is 2.49. The van der Waals surface area contributed by atoms with Crippen molar-refractivity contribution in [3.05, 3.63) is 0 Å². The maximum absolute atomic E-state index is 11.7. The molecule has 0 spiro atoms. The van der Waals surface area contributed by atoms with Crippen molar-refractivity contribution < 1.29 is 9.53 Å². The molecule has 86 valence electrons. The van der Waals surface area contributed by atoms with Gasteiger partial charge in [-0.15, -0.1) is 0 Å². The first-order valence-corrected chi connectivity index (χ1v) is 6.58. The molecule has 0 aromatic carbocycles. The molecule has 0 unspecified atom stereocenters. The van der Waals surface area contributed by atoms with E-state index in [1.807, 2.05) is 25.7 Å². The van der Waals surface area contributed by atoms with E-state index < -0.39 is 0 Å². The van der Waals surface area contributed by atoms with Crippen LogP contribution in [0.15, 0.2) is 0 Å². The summed E-state index contributed by atoms with van der Waals surface area (Å²) in [6, 6.07) is 0. The lowest BCUT2D eigenvalue weighted by Crippen LogP contribution is -2.37. The van der Waals surface area contributed by atoms with Gasteiger partial charge in [0.25, 0.3) is 0 Å². The van der Waals surface area contributed by atoms with Crippen LogP contribution in [0.25, 0.3) is 0 Å². The van der Waals surface area contributed by atoms with Gasteiger partial charge in [0, 0.05) is 18.4 Å². The van der Waals surface area contributed by atoms with Gasteiger partial charge in [-0.05, 0) is 38.5 Å². The third-order valence-corrected chi connectivity index (χ3v) is 3.95. The normalized spacial score (nSPS) is 33.9. The quantitative estimate of drug-likeness (QED) is 0.689. The molecule has 15 heavy (non-hydrogen) atoms. The van der Waals surface area contributed by atoms with Gasteiger partial charge in [0.1, 0.15) is 5.60 Å². The van der Waals surface area contributed by atoms with Crippen LogP contribution in [0.3, 0.4) is 0 Å². The largest absolute Gasteiger partial charge is 0.444 e. The Labute approximate surface area is 99.3 Å². The topological polar surface area (TPSA) is 29.5 Å². The molecule has 1 aliphatic heterocycles. The second-order valence-corrected chi connectivity index (χ2v) is 6.18. The first-order chi connectivity index (χ1) is 6.92. The smallest absolute Gasteiger partial charge is 0.410 e. The molecule has 0 aromatic heterocycles. The van der Waals surface area contributed by atoms with E-state index in [1.54, 1.807) is 0 Å².